The highest BCUT2D eigenvalue weighted by molar-refractivity contribution is 9.10. The Labute approximate surface area is 165 Å². The summed E-state index contributed by atoms with van der Waals surface area (Å²) in [4.78, 5) is 14.3. The highest BCUT2D eigenvalue weighted by Gasteiger charge is 2.30. The van der Waals surface area contributed by atoms with Crippen LogP contribution < -0.4 is 0 Å². The highest BCUT2D eigenvalue weighted by atomic mass is 79.9. The summed E-state index contributed by atoms with van der Waals surface area (Å²) in [6.45, 7) is 1.01. The fourth-order valence-electron chi connectivity index (χ4n) is 2.71. The summed E-state index contributed by atoms with van der Waals surface area (Å²) >= 11 is 9.13. The van der Waals surface area contributed by atoms with E-state index in [1.165, 1.54) is 22.5 Å². The third kappa shape index (κ3) is 3.88. The highest BCUT2D eigenvalue weighted by Crippen LogP contribution is 2.25. The zero-order valence-electron chi connectivity index (χ0n) is 13.6. The molecular weight excluding hydrogens is 444 g/mol. The molecule has 1 aliphatic rings. The molecule has 1 saturated heterocycles. The van der Waals surface area contributed by atoms with Crippen LogP contribution in [0.25, 0.3) is 0 Å². The van der Waals surface area contributed by atoms with Crippen molar-refractivity contribution < 1.29 is 18.3 Å². The number of aromatic hydroxyl groups is 1. The van der Waals surface area contributed by atoms with Gasteiger partial charge < -0.3 is 10.0 Å². The Hall–Kier alpha value is -1.61. The number of amides is 1. The van der Waals surface area contributed by atoms with Crippen molar-refractivity contribution in [3.05, 3.63) is 57.5 Å². The molecule has 138 valence electrons. The van der Waals surface area contributed by atoms with Crippen LogP contribution >= 0.6 is 27.5 Å². The number of nitrogens with zero attached hydrogens (tertiary/aromatic N) is 2. The first-order valence-corrected chi connectivity index (χ1v) is 10.4. The quantitative estimate of drug-likeness (QED) is 0.765. The van der Waals surface area contributed by atoms with E-state index in [0.29, 0.717) is 5.56 Å². The van der Waals surface area contributed by atoms with Gasteiger partial charge in [-0.25, -0.2) is 8.42 Å². The number of hydrogen-bond acceptors (Lipinski definition) is 4. The Morgan fingerprint density at radius 2 is 1.65 bits per heavy atom. The smallest absolute Gasteiger partial charge is 0.253 e. The maximum absolute atomic E-state index is 12.7. The van der Waals surface area contributed by atoms with Crippen LogP contribution in [-0.2, 0) is 10.0 Å². The van der Waals surface area contributed by atoms with Crippen LogP contribution in [0.3, 0.4) is 0 Å². The van der Waals surface area contributed by atoms with E-state index in [-0.39, 0.29) is 47.8 Å². The van der Waals surface area contributed by atoms with E-state index in [4.69, 9.17) is 11.6 Å². The van der Waals surface area contributed by atoms with E-state index in [9.17, 15) is 18.3 Å². The Morgan fingerprint density at radius 1 is 1.04 bits per heavy atom. The van der Waals surface area contributed by atoms with Crippen LogP contribution in [0, 0.1) is 0 Å². The molecule has 6 nitrogen and oxygen atoms in total. The largest absolute Gasteiger partial charge is 0.506 e. The number of sulfonamides is 1. The molecule has 26 heavy (non-hydrogen) atoms. The summed E-state index contributed by atoms with van der Waals surface area (Å²) in [5, 5.41) is 9.56. The van der Waals surface area contributed by atoms with E-state index < -0.39 is 10.0 Å². The molecule has 1 fully saturated rings. The predicted octanol–water partition coefficient (Wildman–Crippen LogP) is 2.95. The Kier molecular flexibility index (Phi) is 5.57. The van der Waals surface area contributed by atoms with Gasteiger partial charge in [-0.3, -0.25) is 4.79 Å². The summed E-state index contributed by atoms with van der Waals surface area (Å²) in [6, 6.07) is 10.7. The number of phenolic OH excluding ortho intramolecular Hbond substituents is 1. The number of carbonyl (C=O) groups excluding carboxylic acids is 1. The van der Waals surface area contributed by atoms with Gasteiger partial charge in [-0.05, 0) is 42.5 Å². The molecule has 9 heteroatoms. The van der Waals surface area contributed by atoms with Gasteiger partial charge in [-0.15, -0.1) is 0 Å². The lowest BCUT2D eigenvalue weighted by Gasteiger charge is -2.34. The van der Waals surface area contributed by atoms with Gasteiger partial charge in [0.1, 0.15) is 5.75 Å². The number of phenols is 1. The standard InChI is InChI=1S/C17H16BrClN2O4S/c18-13-2-4-14(5-3-13)26(24,25)21-9-7-20(8-10-21)17(23)12-1-6-16(22)15(19)11-12/h1-6,11,22H,7-10H2. The molecule has 0 radical (unpaired) electrons. The minimum Gasteiger partial charge on any atom is -0.506 e. The number of rotatable bonds is 3. The maximum Gasteiger partial charge on any atom is 0.253 e. The predicted molar refractivity (Wildman–Crippen MR) is 102 cm³/mol. The second-order valence-electron chi connectivity index (χ2n) is 5.82. The van der Waals surface area contributed by atoms with E-state index in [1.807, 2.05) is 0 Å². The number of piperazine rings is 1. The maximum atomic E-state index is 12.7. The summed E-state index contributed by atoms with van der Waals surface area (Å²) in [5.74, 6) is -0.332. The minimum absolute atomic E-state index is 0.0892. The first kappa shape index (κ1) is 19.2. The molecule has 0 aromatic heterocycles. The number of benzene rings is 2. The number of hydrogen-bond donors (Lipinski definition) is 1. The monoisotopic (exact) mass is 458 g/mol. The zero-order chi connectivity index (χ0) is 18.9. The fraction of sp³-hybridized carbons (Fsp3) is 0.235. The third-order valence-corrected chi connectivity index (χ3v) is 6.92. The van der Waals surface area contributed by atoms with Gasteiger partial charge in [0.15, 0.2) is 0 Å². The van der Waals surface area contributed by atoms with Gasteiger partial charge in [0, 0.05) is 36.2 Å². The lowest BCUT2D eigenvalue weighted by Crippen LogP contribution is -2.50. The van der Waals surface area contributed by atoms with Crippen LogP contribution in [0.4, 0.5) is 0 Å². The molecule has 2 aromatic rings. The topological polar surface area (TPSA) is 77.9 Å². The van der Waals surface area contributed by atoms with Crippen LogP contribution in [0.1, 0.15) is 10.4 Å². The molecule has 0 spiro atoms. The molecule has 0 unspecified atom stereocenters. The van der Waals surface area contributed by atoms with Crippen molar-refractivity contribution in [3.8, 4) is 5.75 Å². The summed E-state index contributed by atoms with van der Waals surface area (Å²) in [5.41, 5.74) is 0.358. The molecule has 2 aromatic carbocycles. The summed E-state index contributed by atoms with van der Waals surface area (Å²) in [6.07, 6.45) is 0. The third-order valence-electron chi connectivity index (χ3n) is 4.17. The Morgan fingerprint density at radius 3 is 2.23 bits per heavy atom. The Balaban J connectivity index is 1.69. The van der Waals surface area contributed by atoms with Gasteiger partial charge in [-0.1, -0.05) is 27.5 Å². The van der Waals surface area contributed by atoms with Crippen molar-refractivity contribution in [1.29, 1.82) is 0 Å². The van der Waals surface area contributed by atoms with Gasteiger partial charge >= 0.3 is 0 Å². The van der Waals surface area contributed by atoms with E-state index >= 15 is 0 Å². The lowest BCUT2D eigenvalue weighted by molar-refractivity contribution is 0.0698. The normalized spacial score (nSPS) is 15.8. The Bertz CT molecular complexity index is 926. The van der Waals surface area contributed by atoms with Crippen molar-refractivity contribution in [3.63, 3.8) is 0 Å². The molecule has 1 amide bonds. The van der Waals surface area contributed by atoms with Crippen LogP contribution in [0.5, 0.6) is 5.75 Å². The van der Waals surface area contributed by atoms with Crippen molar-refractivity contribution in [2.75, 3.05) is 26.2 Å². The molecule has 0 saturated carbocycles. The molecule has 1 N–H and O–H groups in total. The van der Waals surface area contributed by atoms with Crippen LogP contribution in [0.2, 0.25) is 5.02 Å². The fourth-order valence-corrected chi connectivity index (χ4v) is 4.58. The average molecular weight is 460 g/mol. The van der Waals surface area contributed by atoms with Crippen LogP contribution in [0.15, 0.2) is 51.8 Å². The van der Waals surface area contributed by atoms with Gasteiger partial charge in [0.05, 0.1) is 9.92 Å². The molecular formula is C17H16BrClN2O4S. The van der Waals surface area contributed by atoms with Crippen molar-refractivity contribution in [2.24, 2.45) is 0 Å². The summed E-state index contributed by atoms with van der Waals surface area (Å²) in [7, 11) is -3.58. The zero-order valence-corrected chi connectivity index (χ0v) is 16.8. The molecule has 3 rings (SSSR count). The van der Waals surface area contributed by atoms with Crippen LogP contribution in [-0.4, -0.2) is 54.8 Å². The second kappa shape index (κ2) is 7.56. The van der Waals surface area contributed by atoms with Crippen molar-refractivity contribution in [1.82, 2.24) is 9.21 Å². The average Bonchev–Trinajstić information content (AvgIpc) is 2.64. The van der Waals surface area contributed by atoms with E-state index in [0.717, 1.165) is 4.47 Å². The molecule has 0 aliphatic carbocycles. The SMILES string of the molecule is O=C(c1ccc(O)c(Cl)c1)N1CCN(S(=O)(=O)c2ccc(Br)cc2)CC1. The first-order valence-electron chi connectivity index (χ1n) is 7.82. The molecule has 1 aliphatic heterocycles. The summed E-state index contributed by atoms with van der Waals surface area (Å²) < 4.78 is 27.6. The van der Waals surface area contributed by atoms with Gasteiger partial charge in [-0.2, -0.15) is 4.31 Å². The number of halogens is 2. The first-order chi connectivity index (χ1) is 12.3. The minimum atomic E-state index is -3.58. The van der Waals surface area contributed by atoms with E-state index in [1.54, 1.807) is 29.2 Å². The number of carbonyl (C=O) groups is 1. The second-order valence-corrected chi connectivity index (χ2v) is 9.08. The lowest BCUT2D eigenvalue weighted by atomic mass is 10.2. The molecule has 0 atom stereocenters. The van der Waals surface area contributed by atoms with Crippen molar-refractivity contribution >= 4 is 43.5 Å². The molecule has 1 heterocycles. The molecule has 0 bridgehead atoms. The van der Waals surface area contributed by atoms with Crippen molar-refractivity contribution in [2.45, 2.75) is 4.90 Å². The van der Waals surface area contributed by atoms with E-state index in [2.05, 4.69) is 15.9 Å². The van der Waals surface area contributed by atoms with Gasteiger partial charge in [0.25, 0.3) is 5.91 Å². The van der Waals surface area contributed by atoms with Gasteiger partial charge in [0.2, 0.25) is 10.0 Å².